The fraction of sp³-hybridized carbons (Fsp3) is 0.125. The number of carbonyl (C=O) groups excluding carboxylic acids is 1. The molecule has 0 bridgehead atoms. The van der Waals surface area contributed by atoms with Gasteiger partial charge in [-0.25, -0.2) is 0 Å². The second-order valence-corrected chi connectivity index (χ2v) is 5.47. The number of carboxylic acids is 1. The molecule has 1 unspecified atom stereocenters. The zero-order valence-corrected chi connectivity index (χ0v) is 12.6. The first-order valence-electron chi connectivity index (χ1n) is 6.29. The van der Waals surface area contributed by atoms with Crippen LogP contribution in [0.15, 0.2) is 54.6 Å². The van der Waals surface area contributed by atoms with Crippen LogP contribution < -0.4 is 4.74 Å². The number of ketones is 1. The minimum absolute atomic E-state index is 0.249. The predicted molar refractivity (Wildman–Crippen MR) is 82.3 cm³/mol. The number of carboxylic acid groups (broad SMARTS) is 1. The Morgan fingerprint density at radius 2 is 1.57 bits per heavy atom. The van der Waals surface area contributed by atoms with Crippen molar-refractivity contribution in [2.75, 3.05) is 0 Å². The number of halogens is 1. The third-order valence-electron chi connectivity index (χ3n) is 2.76. The fourth-order valence-electron chi connectivity index (χ4n) is 1.74. The SMILES string of the molecule is O=C(O)CC(Br)C(=O)c1ccc(Oc2ccccc2)cc1. The minimum atomic E-state index is -1.02. The summed E-state index contributed by atoms with van der Waals surface area (Å²) in [6.45, 7) is 0. The lowest BCUT2D eigenvalue weighted by Gasteiger charge is -2.08. The van der Waals surface area contributed by atoms with E-state index in [1.807, 2.05) is 30.3 Å². The second kappa shape index (κ2) is 7.04. The van der Waals surface area contributed by atoms with E-state index in [2.05, 4.69) is 15.9 Å². The number of rotatable bonds is 6. The molecule has 1 atom stereocenters. The quantitative estimate of drug-likeness (QED) is 0.635. The average Bonchev–Trinajstić information content (AvgIpc) is 2.47. The molecule has 0 aromatic heterocycles. The van der Waals surface area contributed by atoms with E-state index in [-0.39, 0.29) is 12.2 Å². The largest absolute Gasteiger partial charge is 0.481 e. The van der Waals surface area contributed by atoms with Crippen LogP contribution in [0, 0.1) is 0 Å². The number of carbonyl (C=O) groups is 2. The van der Waals surface area contributed by atoms with E-state index < -0.39 is 10.8 Å². The number of benzene rings is 2. The highest BCUT2D eigenvalue weighted by atomic mass is 79.9. The van der Waals surface area contributed by atoms with Gasteiger partial charge in [0.2, 0.25) is 0 Å². The van der Waals surface area contributed by atoms with E-state index in [0.717, 1.165) is 0 Å². The summed E-state index contributed by atoms with van der Waals surface area (Å²) in [5.41, 5.74) is 0.443. The fourth-order valence-corrected chi connectivity index (χ4v) is 2.28. The van der Waals surface area contributed by atoms with Crippen LogP contribution in [0.2, 0.25) is 0 Å². The highest BCUT2D eigenvalue weighted by Gasteiger charge is 2.19. The summed E-state index contributed by atoms with van der Waals surface area (Å²) in [4.78, 5) is 21.9. The van der Waals surface area contributed by atoms with Gasteiger partial charge in [0.25, 0.3) is 0 Å². The molecule has 21 heavy (non-hydrogen) atoms. The van der Waals surface area contributed by atoms with Crippen LogP contribution in [0.1, 0.15) is 16.8 Å². The molecule has 0 aliphatic rings. The monoisotopic (exact) mass is 348 g/mol. The molecule has 0 aliphatic heterocycles. The van der Waals surface area contributed by atoms with Gasteiger partial charge < -0.3 is 9.84 Å². The summed E-state index contributed by atoms with van der Waals surface area (Å²) in [6, 6.07) is 15.9. The standard InChI is InChI=1S/C16H13BrO4/c17-14(10-15(18)19)16(20)11-6-8-13(9-7-11)21-12-4-2-1-3-5-12/h1-9,14H,10H2,(H,18,19). The summed E-state index contributed by atoms with van der Waals surface area (Å²) in [6.07, 6.45) is -0.249. The first kappa shape index (κ1) is 15.3. The maximum absolute atomic E-state index is 12.0. The predicted octanol–water partition coefficient (Wildman–Crippen LogP) is 3.90. The molecule has 0 fully saturated rings. The zero-order valence-electron chi connectivity index (χ0n) is 11.0. The molecule has 2 aromatic carbocycles. The summed E-state index contributed by atoms with van der Waals surface area (Å²) in [7, 11) is 0. The molecule has 0 heterocycles. The number of hydrogen-bond acceptors (Lipinski definition) is 3. The van der Waals surface area contributed by atoms with Gasteiger partial charge in [-0.3, -0.25) is 9.59 Å². The third kappa shape index (κ3) is 4.43. The van der Waals surface area contributed by atoms with E-state index in [1.54, 1.807) is 24.3 Å². The zero-order chi connectivity index (χ0) is 15.2. The van der Waals surface area contributed by atoms with Gasteiger partial charge in [-0.15, -0.1) is 0 Å². The van der Waals surface area contributed by atoms with Crippen molar-refractivity contribution in [3.63, 3.8) is 0 Å². The van der Waals surface area contributed by atoms with Crippen molar-refractivity contribution >= 4 is 27.7 Å². The van der Waals surface area contributed by atoms with E-state index in [4.69, 9.17) is 9.84 Å². The number of Topliss-reactive ketones (excluding diaryl/α,β-unsaturated/α-hetero) is 1. The van der Waals surface area contributed by atoms with Crippen LogP contribution in [-0.4, -0.2) is 21.7 Å². The topological polar surface area (TPSA) is 63.6 Å². The second-order valence-electron chi connectivity index (χ2n) is 4.37. The molecular formula is C16H13BrO4. The smallest absolute Gasteiger partial charge is 0.304 e. The van der Waals surface area contributed by atoms with Gasteiger partial charge in [-0.2, -0.15) is 0 Å². The highest BCUT2D eigenvalue weighted by Crippen LogP contribution is 2.22. The van der Waals surface area contributed by atoms with Crippen molar-refractivity contribution < 1.29 is 19.4 Å². The number of hydrogen-bond donors (Lipinski definition) is 1. The van der Waals surface area contributed by atoms with Crippen LogP contribution in [0.5, 0.6) is 11.5 Å². The number of ether oxygens (including phenoxy) is 1. The Kier molecular flexibility index (Phi) is 5.11. The Bertz CT molecular complexity index is 622. The van der Waals surface area contributed by atoms with Gasteiger partial charge in [0.15, 0.2) is 5.78 Å². The molecule has 5 heteroatoms. The molecule has 4 nitrogen and oxygen atoms in total. The normalized spacial score (nSPS) is 11.7. The lowest BCUT2D eigenvalue weighted by Crippen LogP contribution is -2.18. The molecule has 108 valence electrons. The summed E-state index contributed by atoms with van der Waals surface area (Å²) < 4.78 is 5.62. The van der Waals surface area contributed by atoms with E-state index in [1.165, 1.54) is 0 Å². The van der Waals surface area contributed by atoms with Crippen LogP contribution >= 0.6 is 15.9 Å². The molecule has 2 aromatic rings. The molecule has 0 aliphatic carbocycles. The Hall–Kier alpha value is -2.14. The van der Waals surface area contributed by atoms with E-state index in [0.29, 0.717) is 17.1 Å². The Balaban J connectivity index is 2.05. The summed E-state index contributed by atoms with van der Waals surface area (Å²) in [5.74, 6) is 0.0425. The van der Waals surface area contributed by atoms with E-state index in [9.17, 15) is 9.59 Å². The first-order chi connectivity index (χ1) is 10.1. The van der Waals surface area contributed by atoms with Gasteiger partial charge in [0.1, 0.15) is 11.5 Å². The van der Waals surface area contributed by atoms with Crippen molar-refractivity contribution in [1.29, 1.82) is 0 Å². The van der Waals surface area contributed by atoms with Crippen molar-refractivity contribution in [3.8, 4) is 11.5 Å². The Morgan fingerprint density at radius 1 is 1.00 bits per heavy atom. The van der Waals surface area contributed by atoms with Crippen molar-refractivity contribution in [1.82, 2.24) is 0 Å². The maximum Gasteiger partial charge on any atom is 0.304 e. The molecule has 0 spiro atoms. The lowest BCUT2D eigenvalue weighted by molar-refractivity contribution is -0.136. The summed E-state index contributed by atoms with van der Waals surface area (Å²) in [5, 5.41) is 8.69. The summed E-state index contributed by atoms with van der Waals surface area (Å²) >= 11 is 3.09. The van der Waals surface area contributed by atoms with Gasteiger partial charge in [-0.05, 0) is 36.4 Å². The number of para-hydroxylation sites is 1. The van der Waals surface area contributed by atoms with Crippen molar-refractivity contribution in [2.24, 2.45) is 0 Å². The molecular weight excluding hydrogens is 336 g/mol. The number of aliphatic carboxylic acids is 1. The minimum Gasteiger partial charge on any atom is -0.481 e. The van der Waals surface area contributed by atoms with Crippen LogP contribution in [0.25, 0.3) is 0 Å². The van der Waals surface area contributed by atoms with E-state index >= 15 is 0 Å². The average molecular weight is 349 g/mol. The van der Waals surface area contributed by atoms with Crippen molar-refractivity contribution in [3.05, 3.63) is 60.2 Å². The Labute approximate surface area is 130 Å². The third-order valence-corrected chi connectivity index (χ3v) is 3.50. The van der Waals surface area contributed by atoms with Gasteiger partial charge in [-0.1, -0.05) is 34.1 Å². The first-order valence-corrected chi connectivity index (χ1v) is 7.21. The molecule has 0 saturated heterocycles. The van der Waals surface area contributed by atoms with Gasteiger partial charge >= 0.3 is 5.97 Å². The number of alkyl halides is 1. The van der Waals surface area contributed by atoms with Crippen LogP contribution in [0.4, 0.5) is 0 Å². The lowest BCUT2D eigenvalue weighted by atomic mass is 10.1. The molecule has 0 radical (unpaired) electrons. The van der Waals surface area contributed by atoms with Crippen LogP contribution in [-0.2, 0) is 4.79 Å². The van der Waals surface area contributed by atoms with Crippen molar-refractivity contribution in [2.45, 2.75) is 11.2 Å². The van der Waals surface area contributed by atoms with Gasteiger partial charge in [0, 0.05) is 5.56 Å². The molecule has 0 saturated carbocycles. The van der Waals surface area contributed by atoms with Crippen LogP contribution in [0.3, 0.4) is 0 Å². The molecule has 2 rings (SSSR count). The Morgan fingerprint density at radius 3 is 2.14 bits per heavy atom. The molecule has 1 N–H and O–H groups in total. The maximum atomic E-state index is 12.0. The molecule has 0 amide bonds. The highest BCUT2D eigenvalue weighted by molar-refractivity contribution is 9.10. The van der Waals surface area contributed by atoms with Gasteiger partial charge in [0.05, 0.1) is 11.2 Å².